The molecule has 0 aromatic heterocycles. The maximum atomic E-state index is 6.28. The van der Waals surface area contributed by atoms with Crippen LogP contribution in [0.25, 0.3) is 0 Å². The molecule has 1 aromatic carbocycles. The Morgan fingerprint density at radius 3 is 2.76 bits per heavy atom. The third-order valence-corrected chi connectivity index (χ3v) is 3.41. The van der Waals surface area contributed by atoms with E-state index >= 15 is 0 Å². The van der Waals surface area contributed by atoms with Gasteiger partial charge in [-0.2, -0.15) is 0 Å². The van der Waals surface area contributed by atoms with Crippen molar-refractivity contribution in [1.29, 1.82) is 0 Å². The maximum absolute atomic E-state index is 6.28. The van der Waals surface area contributed by atoms with E-state index in [0.29, 0.717) is 6.61 Å². The summed E-state index contributed by atoms with van der Waals surface area (Å²) in [5.74, 6) is 0.828. The van der Waals surface area contributed by atoms with E-state index in [-0.39, 0.29) is 11.6 Å². The molecular weight excluding hydrogens is 254 g/mol. The smallest absolute Gasteiger partial charge is 0.138 e. The second-order valence-electron chi connectivity index (χ2n) is 5.39. The Kier molecular flexibility index (Phi) is 3.62. The van der Waals surface area contributed by atoms with Gasteiger partial charge >= 0.3 is 0 Å². The summed E-state index contributed by atoms with van der Waals surface area (Å²) in [6.07, 6.45) is 0.932. The predicted molar refractivity (Wildman–Crippen MR) is 74.4 cm³/mol. The van der Waals surface area contributed by atoms with E-state index in [1.165, 1.54) is 0 Å². The minimum atomic E-state index is 0.0508. The van der Waals surface area contributed by atoms with E-state index in [9.17, 15) is 0 Å². The largest absolute Gasteiger partial charge is 0.492 e. The van der Waals surface area contributed by atoms with Crippen molar-refractivity contribution in [3.63, 3.8) is 0 Å². The van der Waals surface area contributed by atoms with Crippen LogP contribution in [0.3, 0.4) is 0 Å². The van der Waals surface area contributed by atoms with E-state index in [1.807, 2.05) is 12.1 Å². The van der Waals surface area contributed by atoms with Crippen LogP contribution in [0, 0.1) is 0 Å². The molecule has 17 heavy (non-hydrogen) atoms. The molecule has 0 amide bonds. The Morgan fingerprint density at radius 2 is 2.12 bits per heavy atom. The molecule has 1 aromatic rings. The second kappa shape index (κ2) is 4.71. The fourth-order valence-electron chi connectivity index (χ4n) is 2.13. The van der Waals surface area contributed by atoms with Gasteiger partial charge in [0.15, 0.2) is 0 Å². The molecule has 0 radical (unpaired) electrons. The van der Waals surface area contributed by atoms with Gasteiger partial charge in [0.25, 0.3) is 0 Å². The SMILES string of the molecule is CC(C)(C)NC1CCOc2c(S)ccc(Cl)c21. The summed E-state index contributed by atoms with van der Waals surface area (Å²) in [7, 11) is 0. The van der Waals surface area contributed by atoms with Gasteiger partial charge in [0.1, 0.15) is 5.75 Å². The summed E-state index contributed by atoms with van der Waals surface area (Å²) in [6.45, 7) is 7.16. The molecule has 0 aliphatic carbocycles. The molecule has 94 valence electrons. The standard InChI is InChI=1S/C13H18ClNOS/c1-13(2,3)15-9-6-7-16-12-10(17)5-4-8(14)11(9)12/h4-5,9,15,17H,6-7H2,1-3H3. The molecule has 1 atom stereocenters. The van der Waals surface area contributed by atoms with Gasteiger partial charge in [0, 0.05) is 33.5 Å². The van der Waals surface area contributed by atoms with Gasteiger partial charge in [-0.25, -0.2) is 0 Å². The Morgan fingerprint density at radius 1 is 1.41 bits per heavy atom. The highest BCUT2D eigenvalue weighted by Gasteiger charge is 2.28. The van der Waals surface area contributed by atoms with Gasteiger partial charge in [-0.1, -0.05) is 11.6 Å². The molecule has 1 N–H and O–H groups in total. The molecule has 2 nitrogen and oxygen atoms in total. The zero-order valence-electron chi connectivity index (χ0n) is 10.4. The van der Waals surface area contributed by atoms with E-state index in [0.717, 1.165) is 27.7 Å². The lowest BCUT2D eigenvalue weighted by molar-refractivity contribution is 0.226. The lowest BCUT2D eigenvalue weighted by Crippen LogP contribution is -2.40. The number of hydrogen-bond acceptors (Lipinski definition) is 3. The highest BCUT2D eigenvalue weighted by molar-refractivity contribution is 7.80. The third kappa shape index (κ3) is 2.90. The molecular formula is C13H18ClNOS. The van der Waals surface area contributed by atoms with Crippen LogP contribution in [0.1, 0.15) is 38.8 Å². The number of rotatable bonds is 1. The molecule has 4 heteroatoms. The molecule has 0 saturated carbocycles. The van der Waals surface area contributed by atoms with Crippen LogP contribution in [0.15, 0.2) is 17.0 Å². The normalized spacial score (nSPS) is 19.7. The van der Waals surface area contributed by atoms with Gasteiger partial charge in [-0.3, -0.25) is 0 Å². The first-order valence-electron chi connectivity index (χ1n) is 5.80. The number of ether oxygens (including phenoxy) is 1. The fourth-order valence-corrected chi connectivity index (χ4v) is 2.67. The molecule has 1 aliphatic heterocycles. The molecule has 0 saturated heterocycles. The summed E-state index contributed by atoms with van der Waals surface area (Å²) >= 11 is 10.7. The van der Waals surface area contributed by atoms with Crippen molar-refractivity contribution < 1.29 is 4.74 Å². The van der Waals surface area contributed by atoms with Gasteiger partial charge in [0.2, 0.25) is 0 Å². The highest BCUT2D eigenvalue weighted by atomic mass is 35.5. The first-order chi connectivity index (χ1) is 7.88. The molecule has 1 aliphatic rings. The molecule has 0 bridgehead atoms. The molecule has 0 fully saturated rings. The Balaban J connectivity index is 2.40. The fraction of sp³-hybridized carbons (Fsp3) is 0.538. The topological polar surface area (TPSA) is 21.3 Å². The van der Waals surface area contributed by atoms with Crippen LogP contribution in [0.4, 0.5) is 0 Å². The van der Waals surface area contributed by atoms with Crippen LogP contribution in [-0.4, -0.2) is 12.1 Å². The quantitative estimate of drug-likeness (QED) is 0.758. The van der Waals surface area contributed by atoms with Gasteiger partial charge in [0.05, 0.1) is 6.61 Å². The van der Waals surface area contributed by atoms with Crippen LogP contribution < -0.4 is 10.1 Å². The van der Waals surface area contributed by atoms with Crippen LogP contribution in [-0.2, 0) is 0 Å². The number of halogens is 1. The van der Waals surface area contributed by atoms with Crippen molar-refractivity contribution in [3.8, 4) is 5.75 Å². The first kappa shape index (κ1) is 13.1. The van der Waals surface area contributed by atoms with Crippen molar-refractivity contribution in [2.45, 2.75) is 43.7 Å². The summed E-state index contributed by atoms with van der Waals surface area (Å²) in [5, 5.41) is 4.33. The number of hydrogen-bond donors (Lipinski definition) is 2. The van der Waals surface area contributed by atoms with Gasteiger partial charge in [-0.15, -0.1) is 12.6 Å². The Labute approximate surface area is 113 Å². The van der Waals surface area contributed by atoms with E-state index in [4.69, 9.17) is 16.3 Å². The lowest BCUT2D eigenvalue weighted by atomic mass is 9.97. The number of fused-ring (bicyclic) bond motifs is 1. The Bertz CT molecular complexity index is 428. The first-order valence-corrected chi connectivity index (χ1v) is 6.63. The summed E-state index contributed by atoms with van der Waals surface area (Å²) in [5.41, 5.74) is 1.09. The number of benzene rings is 1. The lowest BCUT2D eigenvalue weighted by Gasteiger charge is -2.33. The van der Waals surface area contributed by atoms with Crippen LogP contribution in [0.5, 0.6) is 5.75 Å². The Hall–Kier alpha value is -0.380. The molecule has 2 rings (SSSR count). The van der Waals surface area contributed by atoms with E-state index in [1.54, 1.807) is 0 Å². The van der Waals surface area contributed by atoms with Crippen molar-refractivity contribution in [1.82, 2.24) is 5.32 Å². The van der Waals surface area contributed by atoms with Crippen LogP contribution >= 0.6 is 24.2 Å². The van der Waals surface area contributed by atoms with Crippen molar-refractivity contribution in [2.24, 2.45) is 0 Å². The summed E-state index contributed by atoms with van der Waals surface area (Å²) in [4.78, 5) is 0.852. The van der Waals surface area contributed by atoms with E-state index < -0.39 is 0 Å². The molecule has 1 unspecified atom stereocenters. The minimum Gasteiger partial charge on any atom is -0.492 e. The monoisotopic (exact) mass is 271 g/mol. The van der Waals surface area contributed by atoms with E-state index in [2.05, 4.69) is 38.7 Å². The second-order valence-corrected chi connectivity index (χ2v) is 6.28. The molecule has 1 heterocycles. The maximum Gasteiger partial charge on any atom is 0.138 e. The zero-order valence-corrected chi connectivity index (χ0v) is 12.0. The van der Waals surface area contributed by atoms with Crippen LogP contribution in [0.2, 0.25) is 5.02 Å². The average molecular weight is 272 g/mol. The average Bonchev–Trinajstić information content (AvgIpc) is 2.21. The zero-order chi connectivity index (χ0) is 12.6. The van der Waals surface area contributed by atoms with Gasteiger partial charge < -0.3 is 10.1 Å². The predicted octanol–water partition coefficient (Wildman–Crippen LogP) is 3.84. The summed E-state index contributed by atoms with van der Waals surface area (Å²) in [6, 6.07) is 4.00. The van der Waals surface area contributed by atoms with Crippen molar-refractivity contribution >= 4 is 24.2 Å². The van der Waals surface area contributed by atoms with Crippen molar-refractivity contribution in [3.05, 3.63) is 22.7 Å². The number of thiol groups is 1. The minimum absolute atomic E-state index is 0.0508. The highest BCUT2D eigenvalue weighted by Crippen LogP contribution is 2.41. The van der Waals surface area contributed by atoms with Crippen molar-refractivity contribution in [2.75, 3.05) is 6.61 Å². The third-order valence-electron chi connectivity index (χ3n) is 2.73. The summed E-state index contributed by atoms with van der Waals surface area (Å²) < 4.78 is 5.68. The van der Waals surface area contributed by atoms with Gasteiger partial charge in [-0.05, 0) is 32.9 Å². The number of nitrogens with one attached hydrogen (secondary N) is 1. The molecule has 0 spiro atoms.